The number of amidine groups is 1. The number of nitrogens with two attached hydrogens (primary N) is 1. The Labute approximate surface area is 118 Å². The maximum absolute atomic E-state index is 10.4. The van der Waals surface area contributed by atoms with Crippen molar-refractivity contribution in [1.82, 2.24) is 4.90 Å². The van der Waals surface area contributed by atoms with Crippen LogP contribution >= 0.6 is 0 Å². The fourth-order valence-corrected chi connectivity index (χ4v) is 2.39. The second kappa shape index (κ2) is 5.92. The van der Waals surface area contributed by atoms with Gasteiger partial charge >= 0.3 is 0 Å². The zero-order valence-electron chi connectivity index (χ0n) is 11.9. The molecule has 7 heteroatoms. The summed E-state index contributed by atoms with van der Waals surface area (Å²) in [6.07, 6.45) is -0.519. The third kappa shape index (κ3) is 2.57. The highest BCUT2D eigenvalue weighted by atomic mass is 16.6. The lowest BCUT2D eigenvalue weighted by molar-refractivity contribution is -0.0753. The fraction of sp³-hybridized carbons (Fsp3) is 0.615. The van der Waals surface area contributed by atoms with Crippen LogP contribution in [0.4, 0.5) is 0 Å². The molecule has 7 nitrogen and oxygen atoms in total. The van der Waals surface area contributed by atoms with Crippen LogP contribution in [0.15, 0.2) is 29.2 Å². The van der Waals surface area contributed by atoms with E-state index in [1.165, 1.54) is 7.11 Å². The molecule has 0 spiro atoms. The van der Waals surface area contributed by atoms with E-state index in [4.69, 9.17) is 19.9 Å². The molecular formula is C13H21N3O4. The molecule has 0 aromatic rings. The fourth-order valence-electron chi connectivity index (χ4n) is 2.39. The molecule has 2 aliphatic heterocycles. The van der Waals surface area contributed by atoms with Gasteiger partial charge in [-0.2, -0.15) is 0 Å². The van der Waals surface area contributed by atoms with E-state index >= 15 is 0 Å². The summed E-state index contributed by atoms with van der Waals surface area (Å²) < 4.78 is 16.2. The maximum Gasteiger partial charge on any atom is 0.164 e. The maximum atomic E-state index is 10.4. The van der Waals surface area contributed by atoms with Crippen molar-refractivity contribution in [1.29, 1.82) is 0 Å². The summed E-state index contributed by atoms with van der Waals surface area (Å²) in [5, 5.41) is 10.4. The summed E-state index contributed by atoms with van der Waals surface area (Å²) in [6, 6.07) is 0. The number of aliphatic imine (C=N–C) groups is 1. The van der Waals surface area contributed by atoms with Gasteiger partial charge in [-0.15, -0.1) is 0 Å². The number of hydrogen-bond acceptors (Lipinski definition) is 7. The average Bonchev–Trinajstić information content (AvgIpc) is 2.71. The summed E-state index contributed by atoms with van der Waals surface area (Å²) in [4.78, 5) is 5.81. The Balaban J connectivity index is 2.19. The second-order valence-corrected chi connectivity index (χ2v) is 4.84. The molecule has 1 fully saturated rings. The van der Waals surface area contributed by atoms with E-state index < -0.39 is 18.4 Å². The van der Waals surface area contributed by atoms with Gasteiger partial charge < -0.3 is 30.0 Å². The molecule has 0 radical (unpaired) electrons. The van der Waals surface area contributed by atoms with E-state index in [2.05, 4.69) is 11.6 Å². The SMILES string of the molecule is C=C1N=C(N)C(C)=CN1[C@@H]1O[C@H](COC)C(OC)[C@@H]1O. The van der Waals surface area contributed by atoms with Gasteiger partial charge in [0, 0.05) is 26.0 Å². The first kappa shape index (κ1) is 15.0. The molecule has 20 heavy (non-hydrogen) atoms. The number of aliphatic hydroxyl groups is 1. The first-order valence-electron chi connectivity index (χ1n) is 6.35. The van der Waals surface area contributed by atoms with E-state index in [-0.39, 0.29) is 6.10 Å². The minimum absolute atomic E-state index is 0.334. The summed E-state index contributed by atoms with van der Waals surface area (Å²) in [7, 11) is 3.11. The highest BCUT2D eigenvalue weighted by Crippen LogP contribution is 2.30. The summed E-state index contributed by atoms with van der Waals surface area (Å²) in [5.74, 6) is 0.834. The normalized spacial score (nSPS) is 34.2. The van der Waals surface area contributed by atoms with Crippen LogP contribution < -0.4 is 5.73 Å². The third-order valence-corrected chi connectivity index (χ3v) is 3.47. The largest absolute Gasteiger partial charge is 0.386 e. The van der Waals surface area contributed by atoms with Crippen LogP contribution in [0.2, 0.25) is 0 Å². The zero-order chi connectivity index (χ0) is 14.9. The highest BCUT2D eigenvalue weighted by Gasteiger charge is 2.47. The Hall–Kier alpha value is -1.41. The molecular weight excluding hydrogens is 262 g/mol. The number of ether oxygens (including phenoxy) is 3. The summed E-state index contributed by atoms with van der Waals surface area (Å²) in [5.41, 5.74) is 6.53. The van der Waals surface area contributed by atoms with Gasteiger partial charge in [-0.1, -0.05) is 6.58 Å². The molecule has 1 unspecified atom stereocenters. The van der Waals surface area contributed by atoms with Gasteiger partial charge in [0.05, 0.1) is 6.61 Å². The molecule has 0 aromatic heterocycles. The van der Waals surface area contributed by atoms with Crippen molar-refractivity contribution < 1.29 is 19.3 Å². The van der Waals surface area contributed by atoms with E-state index in [1.54, 1.807) is 18.2 Å². The van der Waals surface area contributed by atoms with Crippen LogP contribution in [-0.2, 0) is 14.2 Å². The Morgan fingerprint density at radius 1 is 1.55 bits per heavy atom. The van der Waals surface area contributed by atoms with Gasteiger partial charge in [0.2, 0.25) is 0 Å². The van der Waals surface area contributed by atoms with Gasteiger partial charge in [0.25, 0.3) is 0 Å². The molecule has 0 aromatic carbocycles. The summed E-state index contributed by atoms with van der Waals surface area (Å²) in [6.45, 7) is 6.00. The van der Waals surface area contributed by atoms with E-state index in [0.29, 0.717) is 18.3 Å². The minimum Gasteiger partial charge on any atom is -0.386 e. The van der Waals surface area contributed by atoms with Gasteiger partial charge in [-0.25, -0.2) is 4.99 Å². The Kier molecular flexibility index (Phi) is 4.44. The lowest BCUT2D eigenvalue weighted by Crippen LogP contribution is -2.43. The molecule has 112 valence electrons. The van der Waals surface area contributed by atoms with Crippen molar-refractivity contribution in [3.63, 3.8) is 0 Å². The first-order chi connectivity index (χ1) is 9.49. The zero-order valence-corrected chi connectivity index (χ0v) is 11.9. The number of aliphatic hydroxyl groups excluding tert-OH is 1. The van der Waals surface area contributed by atoms with Gasteiger partial charge in [0.15, 0.2) is 6.23 Å². The Morgan fingerprint density at radius 3 is 2.85 bits per heavy atom. The molecule has 4 atom stereocenters. The molecule has 2 heterocycles. The third-order valence-electron chi connectivity index (χ3n) is 3.47. The van der Waals surface area contributed by atoms with Crippen molar-refractivity contribution in [2.45, 2.75) is 31.5 Å². The molecule has 0 amide bonds. The molecule has 0 saturated carbocycles. The van der Waals surface area contributed by atoms with E-state index in [1.807, 2.05) is 6.92 Å². The van der Waals surface area contributed by atoms with Crippen molar-refractivity contribution >= 4 is 5.84 Å². The second-order valence-electron chi connectivity index (χ2n) is 4.84. The first-order valence-corrected chi connectivity index (χ1v) is 6.35. The van der Waals surface area contributed by atoms with E-state index in [0.717, 1.165) is 5.57 Å². The van der Waals surface area contributed by atoms with Crippen LogP contribution in [0.3, 0.4) is 0 Å². The van der Waals surface area contributed by atoms with Crippen molar-refractivity contribution in [3.05, 3.63) is 24.2 Å². The smallest absolute Gasteiger partial charge is 0.164 e. The average molecular weight is 283 g/mol. The minimum atomic E-state index is -0.838. The standard InChI is InChI=1S/C13H21N3O4/c1-7-5-16(8(2)15-12(7)14)13-10(17)11(19-4)9(20-13)6-18-3/h5,9-11,13,17H,2,6H2,1,3-4H3,(H2,14,15)/t9-,10+,11?,13-/m1/s1. The summed E-state index contributed by atoms with van der Waals surface area (Å²) >= 11 is 0. The number of rotatable bonds is 4. The number of methoxy groups -OCH3 is 2. The van der Waals surface area contributed by atoms with Crippen molar-refractivity contribution in [3.8, 4) is 0 Å². The van der Waals surface area contributed by atoms with Crippen LogP contribution in [0.5, 0.6) is 0 Å². The Bertz CT molecular complexity index is 449. The molecule has 0 aliphatic carbocycles. The van der Waals surface area contributed by atoms with Crippen LogP contribution in [0.1, 0.15) is 6.92 Å². The molecule has 1 saturated heterocycles. The predicted molar refractivity (Wildman–Crippen MR) is 73.7 cm³/mol. The van der Waals surface area contributed by atoms with Crippen LogP contribution in [-0.4, -0.2) is 61.2 Å². The molecule has 2 aliphatic rings. The highest BCUT2D eigenvalue weighted by molar-refractivity contribution is 5.97. The van der Waals surface area contributed by atoms with Crippen LogP contribution in [0.25, 0.3) is 0 Å². The quantitative estimate of drug-likeness (QED) is 0.741. The van der Waals surface area contributed by atoms with Gasteiger partial charge in [0.1, 0.15) is 30.0 Å². The van der Waals surface area contributed by atoms with Crippen molar-refractivity contribution in [2.75, 3.05) is 20.8 Å². The molecule has 2 rings (SSSR count). The van der Waals surface area contributed by atoms with Gasteiger partial charge in [-0.3, -0.25) is 0 Å². The van der Waals surface area contributed by atoms with E-state index in [9.17, 15) is 5.11 Å². The topological polar surface area (TPSA) is 89.5 Å². The predicted octanol–water partition coefficient (Wildman–Crippen LogP) is -0.219. The van der Waals surface area contributed by atoms with Crippen molar-refractivity contribution in [2.24, 2.45) is 10.7 Å². The lowest BCUT2D eigenvalue weighted by Gasteiger charge is -2.31. The van der Waals surface area contributed by atoms with Gasteiger partial charge in [-0.05, 0) is 6.92 Å². The number of hydrogen-bond donors (Lipinski definition) is 2. The van der Waals surface area contributed by atoms with Crippen LogP contribution in [0, 0.1) is 0 Å². The number of nitrogens with zero attached hydrogens (tertiary/aromatic N) is 2. The lowest BCUT2D eigenvalue weighted by atomic mass is 10.1. The Morgan fingerprint density at radius 2 is 2.25 bits per heavy atom. The molecule has 3 N–H and O–H groups in total. The monoisotopic (exact) mass is 283 g/mol. The molecule has 0 bridgehead atoms.